The number of hydrogen-bond donors (Lipinski definition) is 1. The molecule has 8 heteroatoms. The highest BCUT2D eigenvalue weighted by Crippen LogP contribution is 2.42. The number of carbonyl (C=O) groups excluding carboxylic acids is 4. The van der Waals surface area contributed by atoms with Crippen molar-refractivity contribution in [2.24, 2.45) is 11.8 Å². The second-order valence-electron chi connectivity index (χ2n) is 8.46. The first-order valence-corrected chi connectivity index (χ1v) is 10.5. The summed E-state index contributed by atoms with van der Waals surface area (Å²) in [6.07, 6.45) is 8.64. The smallest absolute Gasteiger partial charge is 0.307 e. The van der Waals surface area contributed by atoms with Crippen LogP contribution in [0.1, 0.15) is 53.4 Å². The number of aliphatic hydroxyl groups is 1. The Morgan fingerprint density at radius 2 is 1.91 bits per heavy atom. The van der Waals surface area contributed by atoms with Gasteiger partial charge in [-0.1, -0.05) is 6.08 Å². The molecule has 0 saturated carbocycles. The third kappa shape index (κ3) is 7.30. The van der Waals surface area contributed by atoms with Gasteiger partial charge in [0.2, 0.25) is 0 Å². The molecule has 1 heterocycles. The molecule has 8 nitrogen and oxygen atoms in total. The number of ether oxygens (including phenoxy) is 3. The van der Waals surface area contributed by atoms with E-state index in [9.17, 15) is 24.3 Å². The zero-order chi connectivity index (χ0) is 23.9. The first kappa shape index (κ1) is 25.3. The normalized spacial score (nSPS) is 26.9. The third-order valence-electron chi connectivity index (χ3n) is 5.19. The van der Waals surface area contributed by atoms with Gasteiger partial charge in [0.1, 0.15) is 6.29 Å². The monoisotopic (exact) mass is 446 g/mol. The van der Waals surface area contributed by atoms with Crippen molar-refractivity contribution in [1.29, 1.82) is 0 Å². The van der Waals surface area contributed by atoms with E-state index < -0.39 is 35.7 Å². The lowest BCUT2D eigenvalue weighted by Gasteiger charge is -2.37. The van der Waals surface area contributed by atoms with Crippen molar-refractivity contribution in [2.75, 3.05) is 0 Å². The van der Waals surface area contributed by atoms with Gasteiger partial charge in [-0.05, 0) is 62.8 Å². The quantitative estimate of drug-likeness (QED) is 0.286. The van der Waals surface area contributed by atoms with E-state index in [2.05, 4.69) is 0 Å². The Bertz CT molecular complexity index is 869. The van der Waals surface area contributed by atoms with Crippen LogP contribution in [0.4, 0.5) is 0 Å². The van der Waals surface area contributed by atoms with Crippen molar-refractivity contribution < 1.29 is 38.5 Å². The Labute approximate surface area is 187 Å². The number of rotatable bonds is 6. The minimum atomic E-state index is -1.19. The maximum absolute atomic E-state index is 13.0. The summed E-state index contributed by atoms with van der Waals surface area (Å²) in [5.41, 5.74) is 0.360. The summed E-state index contributed by atoms with van der Waals surface area (Å²) in [6.45, 7) is 5.61. The maximum atomic E-state index is 13.0. The molecule has 0 saturated heterocycles. The van der Waals surface area contributed by atoms with Gasteiger partial charge < -0.3 is 19.3 Å². The number of fused-ring (bicyclic) bond motifs is 1. The lowest BCUT2D eigenvalue weighted by Crippen LogP contribution is -2.39. The molecule has 1 N–H and O–H groups in total. The summed E-state index contributed by atoms with van der Waals surface area (Å²) < 4.78 is 16.2. The van der Waals surface area contributed by atoms with Gasteiger partial charge in [0.25, 0.3) is 6.29 Å². The van der Waals surface area contributed by atoms with Gasteiger partial charge in [0.15, 0.2) is 5.78 Å². The van der Waals surface area contributed by atoms with E-state index in [4.69, 9.17) is 14.2 Å². The summed E-state index contributed by atoms with van der Waals surface area (Å²) >= 11 is 0. The van der Waals surface area contributed by atoms with Crippen molar-refractivity contribution in [2.45, 2.75) is 65.3 Å². The van der Waals surface area contributed by atoms with Crippen LogP contribution in [0.3, 0.4) is 0 Å². The molecule has 32 heavy (non-hydrogen) atoms. The predicted octanol–water partition coefficient (Wildman–Crippen LogP) is 3.06. The molecule has 1 aliphatic carbocycles. The van der Waals surface area contributed by atoms with Crippen molar-refractivity contribution in [3.8, 4) is 0 Å². The molecule has 0 fully saturated rings. The van der Waals surface area contributed by atoms with Gasteiger partial charge in [-0.2, -0.15) is 0 Å². The lowest BCUT2D eigenvalue weighted by molar-refractivity contribution is -0.180. The van der Waals surface area contributed by atoms with Crippen LogP contribution in [-0.4, -0.2) is 41.0 Å². The van der Waals surface area contributed by atoms with E-state index in [0.29, 0.717) is 42.4 Å². The molecular formula is C24H30O8. The second kappa shape index (κ2) is 11.0. The fourth-order valence-corrected chi connectivity index (χ4v) is 3.73. The fourth-order valence-electron chi connectivity index (χ4n) is 3.73. The third-order valence-corrected chi connectivity index (χ3v) is 5.19. The minimum Gasteiger partial charge on any atom is -0.461 e. The van der Waals surface area contributed by atoms with E-state index in [1.54, 1.807) is 19.9 Å². The van der Waals surface area contributed by atoms with E-state index in [1.807, 2.05) is 0 Å². The summed E-state index contributed by atoms with van der Waals surface area (Å²) in [4.78, 5) is 47.6. The molecule has 0 aromatic heterocycles. The van der Waals surface area contributed by atoms with Gasteiger partial charge >= 0.3 is 11.9 Å². The Balaban J connectivity index is 2.57. The topological polar surface area (TPSA) is 116 Å². The van der Waals surface area contributed by atoms with Gasteiger partial charge in [0, 0.05) is 25.3 Å². The van der Waals surface area contributed by atoms with Crippen LogP contribution in [0.25, 0.3) is 0 Å². The largest absolute Gasteiger partial charge is 0.461 e. The van der Waals surface area contributed by atoms with Gasteiger partial charge in [-0.3, -0.25) is 19.2 Å². The first-order chi connectivity index (χ1) is 15.0. The molecule has 0 amide bonds. The average Bonchev–Trinajstić information content (AvgIpc) is 2.78. The number of ketones is 1. The van der Waals surface area contributed by atoms with Crippen LogP contribution in [-0.2, 0) is 33.4 Å². The molecule has 0 spiro atoms. The molecular weight excluding hydrogens is 416 g/mol. The highest BCUT2D eigenvalue weighted by molar-refractivity contribution is 6.04. The number of allylic oxidation sites excluding steroid dienone is 4. The Kier molecular flexibility index (Phi) is 8.72. The molecule has 0 aromatic rings. The molecule has 3 atom stereocenters. The Hall–Kier alpha value is -3.00. The summed E-state index contributed by atoms with van der Waals surface area (Å²) in [6, 6.07) is 0. The number of esters is 2. The van der Waals surface area contributed by atoms with Crippen molar-refractivity contribution in [1.82, 2.24) is 0 Å². The van der Waals surface area contributed by atoms with Crippen LogP contribution in [0, 0.1) is 11.8 Å². The van der Waals surface area contributed by atoms with E-state index in [0.717, 1.165) is 6.29 Å². The van der Waals surface area contributed by atoms with Gasteiger partial charge in [0.05, 0.1) is 24.0 Å². The molecule has 2 rings (SSSR count). The summed E-state index contributed by atoms with van der Waals surface area (Å²) in [7, 11) is 0. The van der Waals surface area contributed by atoms with Crippen molar-refractivity contribution in [3.05, 3.63) is 47.5 Å². The van der Waals surface area contributed by atoms with Gasteiger partial charge in [-0.25, -0.2) is 0 Å². The molecule has 174 valence electrons. The lowest BCUT2D eigenvalue weighted by atomic mass is 9.75. The Morgan fingerprint density at radius 3 is 2.50 bits per heavy atom. The molecule has 2 aliphatic rings. The van der Waals surface area contributed by atoms with Gasteiger partial charge in [-0.15, -0.1) is 0 Å². The fraction of sp³-hybridized carbons (Fsp3) is 0.500. The van der Waals surface area contributed by atoms with Crippen molar-refractivity contribution in [3.63, 3.8) is 0 Å². The van der Waals surface area contributed by atoms with E-state index in [-0.39, 0.29) is 5.78 Å². The molecule has 0 aromatic carbocycles. The van der Waals surface area contributed by atoms with Crippen LogP contribution in [0.2, 0.25) is 0 Å². The number of carbonyl (C=O) groups is 4. The zero-order valence-electron chi connectivity index (χ0n) is 18.8. The van der Waals surface area contributed by atoms with E-state index >= 15 is 0 Å². The first-order valence-electron chi connectivity index (χ1n) is 10.5. The minimum absolute atomic E-state index is 0.302. The molecule has 0 radical (unpaired) electrons. The molecule has 0 unspecified atom stereocenters. The predicted molar refractivity (Wildman–Crippen MR) is 115 cm³/mol. The SMILES string of the molecule is CC(=O)O/C=C1\CCC/C(C=O)=C\C[C@@H]2C(C(=O)/C=C/C(C)(C)O)=CO[C@H](OC(C)=O)[C@@H]12. The summed E-state index contributed by atoms with van der Waals surface area (Å²) in [5, 5.41) is 9.94. The molecule has 1 aliphatic heterocycles. The van der Waals surface area contributed by atoms with Crippen LogP contribution >= 0.6 is 0 Å². The van der Waals surface area contributed by atoms with Crippen LogP contribution < -0.4 is 0 Å². The number of aldehydes is 1. The van der Waals surface area contributed by atoms with Crippen molar-refractivity contribution >= 4 is 24.0 Å². The molecule has 0 bridgehead atoms. The second-order valence-corrected chi connectivity index (χ2v) is 8.46. The summed E-state index contributed by atoms with van der Waals surface area (Å²) in [5.74, 6) is -2.58. The van der Waals surface area contributed by atoms with Crippen LogP contribution in [0.5, 0.6) is 0 Å². The number of hydrogen-bond acceptors (Lipinski definition) is 8. The maximum Gasteiger partial charge on any atom is 0.307 e. The standard InChI is InChI=1S/C24H30O8/c1-15(26)30-13-18-7-5-6-17(12-25)8-9-19-20(21(28)10-11-24(3,4)29)14-31-23(22(18)19)32-16(2)27/h8,10-14,19,22-23,29H,5-7,9H2,1-4H3/b11-10+,17-8+,18-13+/t19-,22+,23-/m1/s1. The highest BCUT2D eigenvalue weighted by atomic mass is 16.7. The highest BCUT2D eigenvalue weighted by Gasteiger charge is 2.42. The van der Waals surface area contributed by atoms with E-state index in [1.165, 1.54) is 38.5 Å². The zero-order valence-corrected chi connectivity index (χ0v) is 18.8. The van der Waals surface area contributed by atoms with Crippen LogP contribution in [0.15, 0.2) is 47.5 Å². The Morgan fingerprint density at radius 1 is 1.19 bits per heavy atom. The average molecular weight is 446 g/mol.